The summed E-state index contributed by atoms with van der Waals surface area (Å²) < 4.78 is 37.4. The molecule has 6 rings (SSSR count). The highest BCUT2D eigenvalue weighted by molar-refractivity contribution is 7.89. The highest BCUT2D eigenvalue weighted by atomic mass is 32.2. The van der Waals surface area contributed by atoms with Crippen molar-refractivity contribution >= 4 is 22.2 Å². The number of methoxy groups -OCH3 is 1. The summed E-state index contributed by atoms with van der Waals surface area (Å²) in [6, 6.07) is 14.8. The molecule has 2 aromatic heterocycles. The molecule has 10 heteroatoms. The minimum atomic E-state index is -3.45. The van der Waals surface area contributed by atoms with E-state index < -0.39 is 10.0 Å². The van der Waals surface area contributed by atoms with Gasteiger partial charge in [0, 0.05) is 31.7 Å². The molecule has 0 aliphatic carbocycles. The highest BCUT2D eigenvalue weighted by Gasteiger charge is 2.36. The lowest BCUT2D eigenvalue weighted by atomic mass is 9.80. The zero-order valence-electron chi connectivity index (χ0n) is 22.8. The maximum absolute atomic E-state index is 13.1. The summed E-state index contributed by atoms with van der Waals surface area (Å²) in [6.45, 7) is 3.90. The van der Waals surface area contributed by atoms with E-state index in [0.717, 1.165) is 60.7 Å². The highest BCUT2D eigenvalue weighted by Crippen LogP contribution is 2.39. The van der Waals surface area contributed by atoms with Crippen molar-refractivity contribution in [2.24, 2.45) is 5.92 Å². The van der Waals surface area contributed by atoms with E-state index in [4.69, 9.17) is 14.8 Å². The molecule has 208 valence electrons. The monoisotopic (exact) mass is 558 g/mol. The zero-order chi connectivity index (χ0) is 27.7. The fourth-order valence-electron chi connectivity index (χ4n) is 5.91. The van der Waals surface area contributed by atoms with Crippen molar-refractivity contribution in [2.45, 2.75) is 50.0 Å². The van der Waals surface area contributed by atoms with E-state index in [-0.39, 0.29) is 0 Å². The third-order valence-electron chi connectivity index (χ3n) is 8.00. The Kier molecular flexibility index (Phi) is 7.29. The molecule has 0 amide bonds. The van der Waals surface area contributed by atoms with Crippen molar-refractivity contribution < 1.29 is 13.2 Å². The molecule has 0 unspecified atom stereocenters. The Morgan fingerprint density at radius 3 is 2.52 bits per heavy atom. The maximum atomic E-state index is 13.1. The number of rotatable bonds is 7. The van der Waals surface area contributed by atoms with Crippen LogP contribution in [0.5, 0.6) is 5.75 Å². The molecule has 0 saturated carbocycles. The van der Waals surface area contributed by atoms with Gasteiger partial charge < -0.3 is 9.30 Å². The largest absolute Gasteiger partial charge is 0.495 e. The van der Waals surface area contributed by atoms with E-state index in [2.05, 4.69) is 4.98 Å². The Labute approximate surface area is 235 Å². The van der Waals surface area contributed by atoms with Crippen molar-refractivity contribution in [1.82, 2.24) is 28.6 Å². The van der Waals surface area contributed by atoms with Crippen molar-refractivity contribution in [1.29, 1.82) is 0 Å². The van der Waals surface area contributed by atoms with Crippen molar-refractivity contribution in [3.8, 4) is 11.4 Å². The topological polar surface area (TPSA) is 95.1 Å². The predicted molar refractivity (Wildman–Crippen MR) is 154 cm³/mol. The molecule has 2 aromatic carbocycles. The number of fused-ring (bicyclic) bond motifs is 1. The summed E-state index contributed by atoms with van der Waals surface area (Å²) in [5.74, 6) is 3.17. The van der Waals surface area contributed by atoms with Crippen LogP contribution in [-0.2, 0) is 16.6 Å². The zero-order valence-corrected chi connectivity index (χ0v) is 23.7. The molecule has 4 aromatic rings. The predicted octanol–water partition coefficient (Wildman–Crippen LogP) is 4.93. The number of aromatic nitrogens is 5. The molecule has 1 saturated heterocycles. The van der Waals surface area contributed by atoms with Crippen LogP contribution in [-0.4, -0.2) is 57.2 Å². The van der Waals surface area contributed by atoms with Gasteiger partial charge in [0.2, 0.25) is 10.0 Å². The molecule has 1 fully saturated rings. The van der Waals surface area contributed by atoms with E-state index in [1.54, 1.807) is 42.0 Å². The number of sulfonamides is 1. The first kappa shape index (κ1) is 26.5. The molecule has 0 radical (unpaired) electrons. The van der Waals surface area contributed by atoms with Gasteiger partial charge in [-0.25, -0.2) is 23.1 Å². The van der Waals surface area contributed by atoms with Gasteiger partial charge in [-0.15, -0.1) is 0 Å². The molecule has 9 nitrogen and oxygen atoms in total. The van der Waals surface area contributed by atoms with Crippen LogP contribution >= 0.6 is 0 Å². The van der Waals surface area contributed by atoms with Crippen LogP contribution in [0.4, 0.5) is 0 Å². The second-order valence-corrected chi connectivity index (χ2v) is 12.5. The van der Waals surface area contributed by atoms with E-state index in [1.165, 1.54) is 0 Å². The van der Waals surface area contributed by atoms with Gasteiger partial charge in [-0.3, -0.25) is 0 Å². The minimum Gasteiger partial charge on any atom is -0.495 e. The summed E-state index contributed by atoms with van der Waals surface area (Å²) in [5, 5.41) is 4.78. The molecule has 2 aliphatic heterocycles. The van der Waals surface area contributed by atoms with Crippen LogP contribution in [0.2, 0.25) is 0 Å². The summed E-state index contributed by atoms with van der Waals surface area (Å²) in [4.78, 5) is 9.62. The summed E-state index contributed by atoms with van der Waals surface area (Å²) in [7, 11) is -1.78. The first-order valence-electron chi connectivity index (χ1n) is 13.8. The third kappa shape index (κ3) is 5.21. The number of piperidine rings is 1. The lowest BCUT2D eigenvalue weighted by Crippen LogP contribution is -2.40. The smallest absolute Gasteiger partial charge is 0.243 e. The summed E-state index contributed by atoms with van der Waals surface area (Å²) in [6.07, 6.45) is 11.5. The van der Waals surface area contributed by atoms with Crippen molar-refractivity contribution in [3.63, 3.8) is 0 Å². The minimum absolute atomic E-state index is 0.294. The van der Waals surface area contributed by atoms with E-state index in [1.807, 2.05) is 58.8 Å². The number of imidazole rings is 1. The van der Waals surface area contributed by atoms with Gasteiger partial charge in [-0.05, 0) is 74.4 Å². The number of nitrogens with zero attached hydrogens (tertiary/aromatic N) is 6. The first-order chi connectivity index (χ1) is 19.4. The fourth-order valence-corrected chi connectivity index (χ4v) is 7.40. The maximum Gasteiger partial charge on any atom is 0.243 e. The lowest BCUT2D eigenvalue weighted by Gasteiger charge is -2.36. The van der Waals surface area contributed by atoms with E-state index in [0.29, 0.717) is 35.6 Å². The second-order valence-electron chi connectivity index (χ2n) is 10.5. The average molecular weight is 559 g/mol. The number of hydrogen-bond donors (Lipinski definition) is 0. The van der Waals surface area contributed by atoms with Gasteiger partial charge in [0.05, 0.1) is 29.7 Å². The van der Waals surface area contributed by atoms with Crippen LogP contribution in [0.1, 0.15) is 54.5 Å². The van der Waals surface area contributed by atoms with Crippen LogP contribution in [0.3, 0.4) is 0 Å². The third-order valence-corrected chi connectivity index (χ3v) is 9.91. The van der Waals surface area contributed by atoms with Crippen LogP contribution < -0.4 is 4.74 Å². The van der Waals surface area contributed by atoms with Crippen molar-refractivity contribution in [3.05, 3.63) is 84.0 Å². The standard InChI is InChI=1S/C30H34N6O3S/c1-22-20-34(21-31-22)27-12-10-23(19-28(27)39-2)11-13-29-32-30-26(9-6-16-36(30)33-29)24-14-17-35(18-15-24)40(37,38)25-7-4-3-5-8-25/h3-5,7-8,10-13,19-21,24,26H,6,9,14-18H2,1-2H3/b13-11+/t26-/m0/s1. The van der Waals surface area contributed by atoms with Gasteiger partial charge in [0.1, 0.15) is 11.6 Å². The summed E-state index contributed by atoms with van der Waals surface area (Å²) in [5.41, 5.74) is 2.87. The number of ether oxygens (including phenoxy) is 1. The van der Waals surface area contributed by atoms with Gasteiger partial charge in [0.25, 0.3) is 0 Å². The summed E-state index contributed by atoms with van der Waals surface area (Å²) >= 11 is 0. The SMILES string of the molecule is COc1cc(/C=C/c2nc3n(n2)CCC[C@H]3C2CCN(S(=O)(=O)c3ccccc3)CC2)ccc1-n1cnc(C)c1. The molecule has 0 spiro atoms. The van der Waals surface area contributed by atoms with Gasteiger partial charge in [-0.2, -0.15) is 9.40 Å². The molecule has 0 N–H and O–H groups in total. The average Bonchev–Trinajstić information content (AvgIpc) is 3.62. The lowest BCUT2D eigenvalue weighted by molar-refractivity contribution is 0.215. The normalized spacial score (nSPS) is 18.7. The second kappa shape index (κ2) is 11.0. The van der Waals surface area contributed by atoms with E-state index >= 15 is 0 Å². The van der Waals surface area contributed by atoms with Gasteiger partial charge in [0.15, 0.2) is 5.82 Å². The molecule has 0 bridgehead atoms. The first-order valence-corrected chi connectivity index (χ1v) is 15.2. The molecule has 4 heterocycles. The van der Waals surface area contributed by atoms with Crippen molar-refractivity contribution in [2.75, 3.05) is 20.2 Å². The number of benzene rings is 2. The molecule has 40 heavy (non-hydrogen) atoms. The molecule has 2 aliphatic rings. The van der Waals surface area contributed by atoms with Crippen LogP contribution in [0, 0.1) is 12.8 Å². The number of hydrogen-bond acceptors (Lipinski definition) is 6. The molecular formula is C30H34N6O3S. The Morgan fingerprint density at radius 1 is 1.00 bits per heavy atom. The van der Waals surface area contributed by atoms with E-state index in [9.17, 15) is 8.42 Å². The van der Waals surface area contributed by atoms with Gasteiger partial charge >= 0.3 is 0 Å². The quantitative estimate of drug-likeness (QED) is 0.319. The van der Waals surface area contributed by atoms with Gasteiger partial charge in [-0.1, -0.05) is 30.3 Å². The van der Waals surface area contributed by atoms with Crippen LogP contribution in [0.25, 0.3) is 17.8 Å². The molecule has 1 atom stereocenters. The fraction of sp³-hybridized carbons (Fsp3) is 0.367. The molecular weight excluding hydrogens is 524 g/mol. The Hall–Kier alpha value is -3.76. The number of aryl methyl sites for hydroxylation is 2. The van der Waals surface area contributed by atoms with Crippen LogP contribution in [0.15, 0.2) is 66.0 Å². The Balaban J connectivity index is 1.15. The Bertz CT molecular complexity index is 1620. The Morgan fingerprint density at radius 2 is 1.80 bits per heavy atom.